The second kappa shape index (κ2) is 5.04. The van der Waals surface area contributed by atoms with E-state index < -0.39 is 11.6 Å². The number of nitrogens with zero attached hydrogens (tertiary/aromatic N) is 1. The van der Waals surface area contributed by atoms with E-state index in [1.807, 2.05) is 24.8 Å². The maximum Gasteiger partial charge on any atom is 0.317 e. The second-order valence-corrected chi connectivity index (χ2v) is 6.28. The molecule has 2 aliphatic rings. The Balaban J connectivity index is 1.88. The van der Waals surface area contributed by atoms with Crippen molar-refractivity contribution in [2.24, 2.45) is 0 Å². The molecule has 2 heterocycles. The van der Waals surface area contributed by atoms with Crippen molar-refractivity contribution in [2.45, 2.75) is 25.9 Å². The average Bonchev–Trinajstić information content (AvgIpc) is 2.78. The molecule has 0 amide bonds. The van der Waals surface area contributed by atoms with Gasteiger partial charge in [0.15, 0.2) is 0 Å². The molecule has 1 atom stereocenters. The van der Waals surface area contributed by atoms with E-state index in [4.69, 9.17) is 21.4 Å². The molecule has 0 bridgehead atoms. The van der Waals surface area contributed by atoms with Crippen molar-refractivity contribution < 1.29 is 14.6 Å². The molecule has 0 saturated carbocycles. The molecule has 0 aromatic heterocycles. The van der Waals surface area contributed by atoms with Crippen molar-refractivity contribution in [2.75, 3.05) is 19.6 Å². The van der Waals surface area contributed by atoms with Gasteiger partial charge in [0, 0.05) is 30.1 Å². The van der Waals surface area contributed by atoms with Crippen LogP contribution >= 0.6 is 11.6 Å². The van der Waals surface area contributed by atoms with Crippen molar-refractivity contribution >= 4 is 23.6 Å². The number of hydrogen-bond acceptors (Lipinski definition) is 3. The summed E-state index contributed by atoms with van der Waals surface area (Å²) in [5.74, 6) is 0.0415. The lowest BCUT2D eigenvalue weighted by atomic mass is 9.94. The highest BCUT2D eigenvalue weighted by Crippen LogP contribution is 2.40. The molecule has 112 valence electrons. The molecule has 1 saturated heterocycles. The maximum atomic E-state index is 10.8. The van der Waals surface area contributed by atoms with E-state index in [0.29, 0.717) is 6.54 Å². The van der Waals surface area contributed by atoms with Crippen LogP contribution < -0.4 is 4.74 Å². The normalized spacial score (nSPS) is 24.1. The molecule has 21 heavy (non-hydrogen) atoms. The zero-order valence-electron chi connectivity index (χ0n) is 12.1. The summed E-state index contributed by atoms with van der Waals surface area (Å²) in [6.07, 6.45) is 4.91. The van der Waals surface area contributed by atoms with Crippen LogP contribution in [0.4, 0.5) is 0 Å². The van der Waals surface area contributed by atoms with Gasteiger partial charge in [-0.2, -0.15) is 0 Å². The fourth-order valence-electron chi connectivity index (χ4n) is 3.15. The van der Waals surface area contributed by atoms with Crippen molar-refractivity contribution in [1.29, 1.82) is 0 Å². The van der Waals surface area contributed by atoms with Crippen molar-refractivity contribution in [3.63, 3.8) is 0 Å². The number of benzene rings is 1. The van der Waals surface area contributed by atoms with Crippen LogP contribution in [0.5, 0.6) is 5.75 Å². The Bertz CT molecular complexity index is 641. The van der Waals surface area contributed by atoms with E-state index in [1.165, 1.54) is 0 Å². The van der Waals surface area contributed by atoms with Crippen LogP contribution in [-0.4, -0.2) is 41.2 Å². The first-order valence-corrected chi connectivity index (χ1v) is 7.40. The Morgan fingerprint density at radius 1 is 1.52 bits per heavy atom. The quantitative estimate of drug-likeness (QED) is 0.913. The average molecular weight is 308 g/mol. The predicted octanol–water partition coefficient (Wildman–Crippen LogP) is 2.89. The summed E-state index contributed by atoms with van der Waals surface area (Å²) in [6.45, 7) is 5.36. The topological polar surface area (TPSA) is 49.8 Å². The minimum Gasteiger partial charge on any atom is -0.481 e. The second-order valence-electron chi connectivity index (χ2n) is 5.90. The molecular formula is C16H18ClNO3. The molecule has 1 unspecified atom stereocenters. The summed E-state index contributed by atoms with van der Waals surface area (Å²) in [5.41, 5.74) is 2.64. The van der Waals surface area contributed by atoms with Crippen LogP contribution in [0.2, 0.25) is 5.02 Å². The minimum atomic E-state index is -0.800. The van der Waals surface area contributed by atoms with E-state index in [2.05, 4.69) is 12.2 Å². The lowest BCUT2D eigenvalue weighted by Gasteiger charge is -2.32. The van der Waals surface area contributed by atoms with Gasteiger partial charge in [-0.25, -0.2) is 0 Å². The van der Waals surface area contributed by atoms with Crippen LogP contribution in [0.25, 0.3) is 6.08 Å². The summed E-state index contributed by atoms with van der Waals surface area (Å²) in [4.78, 5) is 12.7. The van der Waals surface area contributed by atoms with Gasteiger partial charge < -0.3 is 9.84 Å². The summed E-state index contributed by atoms with van der Waals surface area (Å²) < 4.78 is 6.23. The number of hydrogen-bond donors (Lipinski definition) is 1. The monoisotopic (exact) mass is 307 g/mol. The number of carboxylic acid groups (broad SMARTS) is 1. The zero-order valence-corrected chi connectivity index (χ0v) is 12.9. The van der Waals surface area contributed by atoms with Crippen molar-refractivity contribution in [3.8, 4) is 5.75 Å². The summed E-state index contributed by atoms with van der Waals surface area (Å²) in [6, 6.07) is 1.97. The molecule has 1 spiro atoms. The van der Waals surface area contributed by atoms with Crippen LogP contribution in [0.15, 0.2) is 12.1 Å². The Morgan fingerprint density at radius 3 is 3.00 bits per heavy atom. The number of aliphatic carboxylic acids is 1. The molecule has 1 fully saturated rings. The van der Waals surface area contributed by atoms with Gasteiger partial charge in [-0.15, -0.1) is 0 Å². The Hall–Kier alpha value is -1.52. The predicted molar refractivity (Wildman–Crippen MR) is 82.0 cm³/mol. The largest absolute Gasteiger partial charge is 0.481 e. The number of fused-ring (bicyclic) bond motifs is 1. The standard InChI is InChI=1S/C16H18ClNO3/c1-10-7-13-12(11(2)15(10)17)3-4-16(21-13)5-6-18(9-16)8-14(19)20/h3-4,7H,5-6,8-9H2,1-2H3,(H,19,20). The highest BCUT2D eigenvalue weighted by atomic mass is 35.5. The molecule has 4 nitrogen and oxygen atoms in total. The number of rotatable bonds is 2. The fourth-order valence-corrected chi connectivity index (χ4v) is 3.30. The van der Waals surface area contributed by atoms with E-state index in [9.17, 15) is 4.79 Å². The fraction of sp³-hybridized carbons (Fsp3) is 0.438. The van der Waals surface area contributed by atoms with Gasteiger partial charge in [-0.3, -0.25) is 9.69 Å². The first-order chi connectivity index (χ1) is 9.90. The third kappa shape index (κ3) is 2.54. The molecule has 1 aromatic carbocycles. The Morgan fingerprint density at radius 2 is 2.29 bits per heavy atom. The van der Waals surface area contributed by atoms with Gasteiger partial charge >= 0.3 is 5.97 Å². The van der Waals surface area contributed by atoms with E-state index in [0.717, 1.165) is 40.4 Å². The van der Waals surface area contributed by atoms with Crippen molar-refractivity contribution in [1.82, 2.24) is 4.90 Å². The van der Waals surface area contributed by atoms with Crippen LogP contribution in [-0.2, 0) is 4.79 Å². The van der Waals surface area contributed by atoms with Gasteiger partial charge in [-0.1, -0.05) is 17.7 Å². The number of ether oxygens (including phenoxy) is 1. The minimum absolute atomic E-state index is 0.0600. The summed E-state index contributed by atoms with van der Waals surface area (Å²) in [5, 5.41) is 9.68. The van der Waals surface area contributed by atoms with Crippen LogP contribution in [0.1, 0.15) is 23.1 Å². The lowest BCUT2D eigenvalue weighted by Crippen LogP contribution is -2.40. The third-order valence-corrected chi connectivity index (χ3v) is 4.84. The van der Waals surface area contributed by atoms with Gasteiger partial charge in [0.25, 0.3) is 0 Å². The Kier molecular flexibility index (Phi) is 3.46. The summed E-state index contributed by atoms with van der Waals surface area (Å²) in [7, 11) is 0. The van der Waals surface area contributed by atoms with Gasteiger partial charge in [0.1, 0.15) is 11.4 Å². The first-order valence-electron chi connectivity index (χ1n) is 7.02. The van der Waals surface area contributed by atoms with Gasteiger partial charge in [-0.05, 0) is 37.1 Å². The van der Waals surface area contributed by atoms with Crippen LogP contribution in [0, 0.1) is 13.8 Å². The van der Waals surface area contributed by atoms with E-state index >= 15 is 0 Å². The molecule has 1 aromatic rings. The number of halogens is 1. The van der Waals surface area contributed by atoms with Gasteiger partial charge in [0.2, 0.25) is 0 Å². The lowest BCUT2D eigenvalue weighted by molar-refractivity contribution is -0.138. The SMILES string of the molecule is Cc1cc2c(c(C)c1Cl)C=CC1(CCN(CC(=O)O)C1)O2. The third-order valence-electron chi connectivity index (χ3n) is 4.26. The molecule has 2 aliphatic heterocycles. The van der Waals surface area contributed by atoms with Crippen LogP contribution in [0.3, 0.4) is 0 Å². The highest BCUT2D eigenvalue weighted by molar-refractivity contribution is 6.32. The van der Waals surface area contributed by atoms with E-state index in [1.54, 1.807) is 0 Å². The first kappa shape index (κ1) is 14.4. The van der Waals surface area contributed by atoms with E-state index in [-0.39, 0.29) is 6.54 Å². The van der Waals surface area contributed by atoms with Gasteiger partial charge in [0.05, 0.1) is 6.54 Å². The zero-order chi connectivity index (χ0) is 15.2. The smallest absolute Gasteiger partial charge is 0.317 e. The molecule has 0 radical (unpaired) electrons. The summed E-state index contributed by atoms with van der Waals surface area (Å²) >= 11 is 6.28. The highest BCUT2D eigenvalue weighted by Gasteiger charge is 2.41. The number of aryl methyl sites for hydroxylation is 1. The number of carboxylic acids is 1. The number of carbonyl (C=O) groups is 1. The van der Waals surface area contributed by atoms with Crippen molar-refractivity contribution in [3.05, 3.63) is 33.9 Å². The molecule has 0 aliphatic carbocycles. The molecular weight excluding hydrogens is 290 g/mol. The maximum absolute atomic E-state index is 10.8. The Labute approximate surface area is 129 Å². The molecule has 3 rings (SSSR count). The number of likely N-dealkylation sites (tertiary alicyclic amines) is 1. The molecule has 5 heteroatoms. The molecule has 1 N–H and O–H groups in total.